The fourth-order valence-electron chi connectivity index (χ4n) is 2.80. The molecule has 132 valence electrons. The Balaban J connectivity index is 1.66. The molecular weight excluding hydrogens is 342 g/mol. The molecule has 1 aromatic heterocycles. The zero-order valence-corrected chi connectivity index (χ0v) is 14.8. The Kier molecular flexibility index (Phi) is 5.38. The van der Waals surface area contributed by atoms with Gasteiger partial charge < -0.3 is 14.5 Å². The first-order chi connectivity index (χ1) is 12.1. The van der Waals surface area contributed by atoms with Gasteiger partial charge >= 0.3 is 6.09 Å². The number of piperazine rings is 1. The Bertz CT molecular complexity index is 788. The van der Waals surface area contributed by atoms with E-state index in [9.17, 15) is 9.59 Å². The molecule has 2 heterocycles. The number of amides is 2. The van der Waals surface area contributed by atoms with Gasteiger partial charge in [0.2, 0.25) is 0 Å². The highest BCUT2D eigenvalue weighted by Crippen LogP contribution is 2.23. The largest absolute Gasteiger partial charge is 0.449 e. The molecule has 1 fully saturated rings. The molecule has 0 saturated carbocycles. The van der Waals surface area contributed by atoms with Gasteiger partial charge in [0.1, 0.15) is 0 Å². The third kappa shape index (κ3) is 3.85. The lowest BCUT2D eigenvalue weighted by atomic mass is 10.1. The molecule has 0 bridgehead atoms. The van der Waals surface area contributed by atoms with Crippen LogP contribution in [0.2, 0.25) is 5.02 Å². The summed E-state index contributed by atoms with van der Waals surface area (Å²) in [6, 6.07) is 7.06. The molecule has 0 aliphatic carbocycles. The summed E-state index contributed by atoms with van der Waals surface area (Å²) in [6.07, 6.45) is 2.11. The summed E-state index contributed by atoms with van der Waals surface area (Å²) in [5.41, 5.74) is 1.27. The highest BCUT2D eigenvalue weighted by atomic mass is 35.5. The lowest BCUT2D eigenvalue weighted by molar-refractivity contribution is 0.0560. The van der Waals surface area contributed by atoms with E-state index in [2.05, 4.69) is 4.98 Å². The number of carbonyl (C=O) groups is 2. The zero-order valence-electron chi connectivity index (χ0n) is 14.1. The van der Waals surface area contributed by atoms with Crippen LogP contribution in [-0.4, -0.2) is 59.6 Å². The second kappa shape index (κ2) is 7.70. The molecule has 7 heteroatoms. The molecular formula is C18H20ClN3O3. The van der Waals surface area contributed by atoms with Gasteiger partial charge in [-0.25, -0.2) is 4.79 Å². The van der Waals surface area contributed by atoms with Gasteiger partial charge in [0.05, 0.1) is 17.1 Å². The van der Waals surface area contributed by atoms with Gasteiger partial charge in [0.15, 0.2) is 0 Å². The van der Waals surface area contributed by atoms with Crippen LogP contribution >= 0.6 is 11.6 Å². The van der Waals surface area contributed by atoms with Crippen molar-refractivity contribution in [2.45, 2.75) is 13.3 Å². The van der Waals surface area contributed by atoms with Crippen molar-refractivity contribution in [2.24, 2.45) is 0 Å². The van der Waals surface area contributed by atoms with Gasteiger partial charge in [0, 0.05) is 43.3 Å². The summed E-state index contributed by atoms with van der Waals surface area (Å²) in [5.74, 6) is -0.0646. The van der Waals surface area contributed by atoms with Gasteiger partial charge in [-0.1, -0.05) is 24.6 Å². The first kappa shape index (κ1) is 17.5. The molecule has 0 spiro atoms. The number of ether oxygens (including phenoxy) is 1. The summed E-state index contributed by atoms with van der Waals surface area (Å²) in [6.45, 7) is 4.31. The third-order valence-electron chi connectivity index (χ3n) is 4.19. The Labute approximate surface area is 151 Å². The van der Waals surface area contributed by atoms with Crippen molar-refractivity contribution in [1.82, 2.24) is 14.8 Å². The Morgan fingerprint density at radius 2 is 1.88 bits per heavy atom. The number of fused-ring (bicyclic) bond motifs is 1. The fraction of sp³-hybridized carbons (Fsp3) is 0.389. The minimum absolute atomic E-state index is 0.0646. The molecule has 2 amide bonds. The van der Waals surface area contributed by atoms with Crippen molar-refractivity contribution >= 4 is 34.5 Å². The Morgan fingerprint density at radius 1 is 1.16 bits per heavy atom. The summed E-state index contributed by atoms with van der Waals surface area (Å²) in [4.78, 5) is 32.2. The molecule has 1 aromatic carbocycles. The standard InChI is InChI=1S/C18H20ClN3O3/c1-2-11-25-18(24)22-9-7-21(8-10-22)17(23)13-3-4-14-15(19)5-6-20-16(14)12-13/h3-6,12H,2,7-11H2,1H3. The van der Waals surface area contributed by atoms with Gasteiger partial charge in [-0.05, 0) is 24.6 Å². The van der Waals surface area contributed by atoms with Crippen LogP contribution in [0.1, 0.15) is 23.7 Å². The smallest absolute Gasteiger partial charge is 0.409 e. The van der Waals surface area contributed by atoms with E-state index in [1.165, 1.54) is 0 Å². The van der Waals surface area contributed by atoms with Crippen molar-refractivity contribution in [3.8, 4) is 0 Å². The van der Waals surface area contributed by atoms with Crippen molar-refractivity contribution in [3.63, 3.8) is 0 Å². The molecule has 1 aliphatic heterocycles. The van der Waals surface area contributed by atoms with Crippen LogP contribution in [0.4, 0.5) is 4.79 Å². The van der Waals surface area contributed by atoms with Crippen LogP contribution < -0.4 is 0 Å². The summed E-state index contributed by atoms with van der Waals surface area (Å²) in [5, 5.41) is 1.44. The summed E-state index contributed by atoms with van der Waals surface area (Å²) >= 11 is 6.13. The number of nitrogens with zero attached hydrogens (tertiary/aromatic N) is 3. The number of hydrogen-bond acceptors (Lipinski definition) is 4. The lowest BCUT2D eigenvalue weighted by Crippen LogP contribution is -2.50. The quantitative estimate of drug-likeness (QED) is 0.842. The zero-order chi connectivity index (χ0) is 17.8. The number of carbonyl (C=O) groups excluding carboxylic acids is 2. The average Bonchev–Trinajstić information content (AvgIpc) is 2.65. The van der Waals surface area contributed by atoms with Gasteiger partial charge in [-0.15, -0.1) is 0 Å². The van der Waals surface area contributed by atoms with Crippen LogP contribution in [0.25, 0.3) is 10.9 Å². The highest BCUT2D eigenvalue weighted by molar-refractivity contribution is 6.35. The van der Waals surface area contributed by atoms with E-state index in [1.807, 2.05) is 13.0 Å². The second-order valence-corrected chi connectivity index (χ2v) is 6.33. The van der Waals surface area contributed by atoms with Crippen molar-refractivity contribution in [3.05, 3.63) is 41.0 Å². The number of hydrogen-bond donors (Lipinski definition) is 0. The van der Waals surface area contributed by atoms with Crippen molar-refractivity contribution in [1.29, 1.82) is 0 Å². The van der Waals surface area contributed by atoms with E-state index in [-0.39, 0.29) is 12.0 Å². The molecule has 1 aliphatic rings. The normalized spacial score (nSPS) is 14.6. The molecule has 0 atom stereocenters. The molecule has 0 radical (unpaired) electrons. The molecule has 25 heavy (non-hydrogen) atoms. The number of pyridine rings is 1. The van der Waals surface area contributed by atoms with Crippen molar-refractivity contribution in [2.75, 3.05) is 32.8 Å². The summed E-state index contributed by atoms with van der Waals surface area (Å²) in [7, 11) is 0. The maximum atomic E-state index is 12.7. The first-order valence-corrected chi connectivity index (χ1v) is 8.73. The fourth-order valence-corrected chi connectivity index (χ4v) is 3.02. The van der Waals surface area contributed by atoms with E-state index in [4.69, 9.17) is 16.3 Å². The molecule has 6 nitrogen and oxygen atoms in total. The number of benzene rings is 1. The highest BCUT2D eigenvalue weighted by Gasteiger charge is 2.25. The molecule has 2 aromatic rings. The summed E-state index contributed by atoms with van der Waals surface area (Å²) < 4.78 is 5.13. The second-order valence-electron chi connectivity index (χ2n) is 5.92. The Morgan fingerprint density at radius 3 is 2.60 bits per heavy atom. The molecule has 3 rings (SSSR count). The molecule has 0 unspecified atom stereocenters. The number of aromatic nitrogens is 1. The Hall–Kier alpha value is -2.34. The average molecular weight is 362 g/mol. The van der Waals surface area contributed by atoms with Gasteiger partial charge in [-0.3, -0.25) is 9.78 Å². The predicted molar refractivity (Wildman–Crippen MR) is 95.9 cm³/mol. The van der Waals surface area contributed by atoms with E-state index in [0.29, 0.717) is 48.9 Å². The minimum Gasteiger partial charge on any atom is -0.449 e. The van der Waals surface area contributed by atoms with Crippen LogP contribution in [-0.2, 0) is 4.74 Å². The minimum atomic E-state index is -0.307. The molecule has 0 N–H and O–H groups in total. The van der Waals surface area contributed by atoms with Crippen LogP contribution in [0, 0.1) is 0 Å². The van der Waals surface area contributed by atoms with Gasteiger partial charge in [-0.2, -0.15) is 0 Å². The first-order valence-electron chi connectivity index (χ1n) is 8.35. The maximum absolute atomic E-state index is 12.7. The SMILES string of the molecule is CCCOC(=O)N1CCN(C(=O)c2ccc3c(Cl)ccnc3c2)CC1. The van der Waals surface area contributed by atoms with E-state index in [1.54, 1.807) is 34.2 Å². The van der Waals surface area contributed by atoms with Gasteiger partial charge in [0.25, 0.3) is 5.91 Å². The third-order valence-corrected chi connectivity index (χ3v) is 4.52. The monoisotopic (exact) mass is 361 g/mol. The van der Waals surface area contributed by atoms with Crippen molar-refractivity contribution < 1.29 is 14.3 Å². The number of rotatable bonds is 3. The maximum Gasteiger partial charge on any atom is 0.409 e. The van der Waals surface area contributed by atoms with Crippen LogP contribution in [0.3, 0.4) is 0 Å². The molecule has 1 saturated heterocycles. The lowest BCUT2D eigenvalue weighted by Gasteiger charge is -2.34. The van der Waals surface area contributed by atoms with Crippen LogP contribution in [0.15, 0.2) is 30.5 Å². The van der Waals surface area contributed by atoms with Crippen LogP contribution in [0.5, 0.6) is 0 Å². The topological polar surface area (TPSA) is 62.7 Å². The van der Waals surface area contributed by atoms with E-state index in [0.717, 1.165) is 11.8 Å². The predicted octanol–water partition coefficient (Wildman–Crippen LogP) is 3.19. The van der Waals surface area contributed by atoms with E-state index >= 15 is 0 Å². The number of halogens is 1. The van der Waals surface area contributed by atoms with E-state index < -0.39 is 0 Å².